The van der Waals surface area contributed by atoms with Crippen LogP contribution in [-0.2, 0) is 15.6 Å². The van der Waals surface area contributed by atoms with Gasteiger partial charge in [0.25, 0.3) is 5.69 Å². The molecule has 0 amide bonds. The summed E-state index contributed by atoms with van der Waals surface area (Å²) >= 11 is 0. The van der Waals surface area contributed by atoms with Gasteiger partial charge < -0.3 is 0 Å². The second-order valence-corrected chi connectivity index (χ2v) is 5.89. The molecule has 0 atom stereocenters. The molecule has 0 spiro atoms. The summed E-state index contributed by atoms with van der Waals surface area (Å²) in [6, 6.07) is 7.85. The summed E-state index contributed by atoms with van der Waals surface area (Å²) in [5.41, 5.74) is 0.189. The third-order valence-corrected chi connectivity index (χ3v) is 4.64. The molecule has 0 aliphatic carbocycles. The summed E-state index contributed by atoms with van der Waals surface area (Å²) in [7, 11) is -3.42. The van der Waals surface area contributed by atoms with Gasteiger partial charge in [-0.25, -0.2) is 8.42 Å². The van der Waals surface area contributed by atoms with Crippen molar-refractivity contribution in [2.45, 2.75) is 24.5 Å². The van der Waals surface area contributed by atoms with E-state index in [0.717, 1.165) is 5.39 Å². The van der Waals surface area contributed by atoms with Crippen molar-refractivity contribution in [3.8, 4) is 0 Å². The molecule has 100 valence electrons. The minimum absolute atomic E-state index is 0.119. The summed E-state index contributed by atoms with van der Waals surface area (Å²) < 4.78 is 23.8. The van der Waals surface area contributed by atoms with Crippen LogP contribution in [0.2, 0.25) is 0 Å². The van der Waals surface area contributed by atoms with Crippen molar-refractivity contribution in [3.63, 3.8) is 0 Å². The largest absolute Gasteiger partial charge is 0.274 e. The minimum atomic E-state index is -3.42. The van der Waals surface area contributed by atoms with E-state index in [1.807, 2.05) is 13.8 Å². The molecular formula is C13H13NO4S. The van der Waals surface area contributed by atoms with Gasteiger partial charge in [-0.05, 0) is 17.5 Å². The highest BCUT2D eigenvalue weighted by Gasteiger charge is 2.33. The Hall–Kier alpha value is -1.95. The number of nitrogens with zero attached hydrogens (tertiary/aromatic N) is 1. The number of hydrogen-bond donors (Lipinski definition) is 0. The fraction of sp³-hybridized carbons (Fsp3) is 0.231. The van der Waals surface area contributed by atoms with Gasteiger partial charge in [-0.15, -0.1) is 0 Å². The number of nitro groups is 1. The molecular weight excluding hydrogens is 266 g/mol. The van der Waals surface area contributed by atoms with Crippen molar-refractivity contribution < 1.29 is 13.3 Å². The molecule has 5 nitrogen and oxygen atoms in total. The lowest BCUT2D eigenvalue weighted by Gasteiger charge is -2.00. The summed E-state index contributed by atoms with van der Waals surface area (Å²) in [5, 5.41) is 12.1. The van der Waals surface area contributed by atoms with E-state index in [-0.39, 0.29) is 16.3 Å². The van der Waals surface area contributed by atoms with Crippen molar-refractivity contribution in [1.82, 2.24) is 0 Å². The van der Waals surface area contributed by atoms with Gasteiger partial charge in [0.05, 0.1) is 21.1 Å². The monoisotopic (exact) mass is 279 g/mol. The zero-order valence-corrected chi connectivity index (χ0v) is 11.4. The molecule has 2 aromatic rings. The van der Waals surface area contributed by atoms with Crippen molar-refractivity contribution in [2.24, 2.45) is 0 Å². The second-order valence-electron chi connectivity index (χ2n) is 3.93. The molecule has 0 bridgehead atoms. The highest BCUT2D eigenvalue weighted by atomic mass is 32.2. The van der Waals surface area contributed by atoms with Crippen LogP contribution in [0.1, 0.15) is 19.4 Å². The summed E-state index contributed by atoms with van der Waals surface area (Å²) in [5.74, 6) is -0.278. The van der Waals surface area contributed by atoms with E-state index in [1.54, 1.807) is 18.2 Å². The molecule has 2 aromatic carbocycles. The first-order valence-electron chi connectivity index (χ1n) is 5.92. The van der Waals surface area contributed by atoms with Crippen LogP contribution in [0.4, 0.5) is 5.69 Å². The number of rotatable bonds is 1. The number of benzene rings is 2. The second kappa shape index (κ2) is 4.62. The van der Waals surface area contributed by atoms with Gasteiger partial charge in [-0.1, -0.05) is 26.0 Å². The van der Waals surface area contributed by atoms with Gasteiger partial charge in [-0.2, -0.15) is 0 Å². The molecule has 1 aliphatic heterocycles. The molecule has 1 aliphatic rings. The predicted molar refractivity (Wildman–Crippen MR) is 72.8 cm³/mol. The number of hydrogen-bond acceptors (Lipinski definition) is 4. The summed E-state index contributed by atoms with van der Waals surface area (Å²) in [6.45, 7) is 4.00. The molecule has 0 saturated heterocycles. The smallest absolute Gasteiger partial charge is 0.258 e. The average Bonchev–Trinajstić information content (AvgIpc) is 2.66. The van der Waals surface area contributed by atoms with Crippen LogP contribution < -0.4 is 0 Å². The maximum atomic E-state index is 11.9. The first-order valence-corrected chi connectivity index (χ1v) is 7.58. The van der Waals surface area contributed by atoms with Gasteiger partial charge in [0.15, 0.2) is 9.84 Å². The first kappa shape index (κ1) is 13.5. The normalized spacial score (nSPS) is 14.8. The van der Waals surface area contributed by atoms with Crippen LogP contribution in [0.5, 0.6) is 0 Å². The highest BCUT2D eigenvalue weighted by molar-refractivity contribution is 7.91. The van der Waals surface area contributed by atoms with Crippen LogP contribution >= 0.6 is 0 Å². The Balaban J connectivity index is 0.000000637. The predicted octanol–water partition coefficient (Wildman–Crippen LogP) is 3.06. The topological polar surface area (TPSA) is 77.3 Å². The van der Waals surface area contributed by atoms with Gasteiger partial charge in [-0.3, -0.25) is 10.1 Å². The Morgan fingerprint density at radius 3 is 2.47 bits per heavy atom. The number of sulfone groups is 1. The van der Waals surface area contributed by atoms with Crippen molar-refractivity contribution in [3.05, 3.63) is 46.0 Å². The lowest BCUT2D eigenvalue weighted by atomic mass is 10.0. The lowest BCUT2D eigenvalue weighted by Crippen LogP contribution is -1.98. The Morgan fingerprint density at radius 1 is 1.16 bits per heavy atom. The third-order valence-electron chi connectivity index (χ3n) is 2.96. The molecule has 0 radical (unpaired) electrons. The maximum Gasteiger partial charge on any atom is 0.274 e. The van der Waals surface area contributed by atoms with Gasteiger partial charge in [0.1, 0.15) is 0 Å². The average molecular weight is 279 g/mol. The standard InChI is InChI=1S/C11H7NO4S.C2H6/c13-12(14)9-5-4-7-2-1-3-10-11(7)8(9)6-17(10,15)16;1-2/h1-5H,6H2;1-2H3. The molecule has 19 heavy (non-hydrogen) atoms. The molecule has 0 saturated carbocycles. The minimum Gasteiger partial charge on any atom is -0.258 e. The van der Waals surface area contributed by atoms with Crippen LogP contribution in [0.3, 0.4) is 0 Å². The molecule has 0 N–H and O–H groups in total. The Labute approximate surface area is 110 Å². The Kier molecular flexibility index (Phi) is 3.28. The number of nitro benzene ring substituents is 1. The fourth-order valence-electron chi connectivity index (χ4n) is 2.25. The molecule has 0 unspecified atom stereocenters. The third kappa shape index (κ3) is 1.98. The van der Waals surface area contributed by atoms with E-state index in [4.69, 9.17) is 0 Å². The van der Waals surface area contributed by atoms with E-state index >= 15 is 0 Å². The molecule has 3 rings (SSSR count). The molecule has 0 fully saturated rings. The van der Waals surface area contributed by atoms with Crippen molar-refractivity contribution >= 4 is 26.3 Å². The zero-order chi connectivity index (χ0) is 14.2. The van der Waals surface area contributed by atoms with Crippen LogP contribution in [0.25, 0.3) is 10.8 Å². The van der Waals surface area contributed by atoms with Crippen LogP contribution in [-0.4, -0.2) is 13.3 Å². The Bertz CT molecular complexity index is 766. The highest BCUT2D eigenvalue weighted by Crippen LogP contribution is 2.40. The van der Waals surface area contributed by atoms with E-state index < -0.39 is 14.8 Å². The zero-order valence-electron chi connectivity index (χ0n) is 10.6. The SMILES string of the molecule is CC.O=[N+]([O-])c1ccc2cccc3c2c1CS3(=O)=O. The maximum absolute atomic E-state index is 11.9. The summed E-state index contributed by atoms with van der Waals surface area (Å²) in [4.78, 5) is 10.5. The van der Waals surface area contributed by atoms with Gasteiger partial charge in [0.2, 0.25) is 0 Å². The molecule has 0 aromatic heterocycles. The van der Waals surface area contributed by atoms with E-state index in [1.165, 1.54) is 12.1 Å². The quantitative estimate of drug-likeness (QED) is 0.593. The first-order chi connectivity index (χ1) is 9.00. The van der Waals surface area contributed by atoms with Gasteiger partial charge >= 0.3 is 0 Å². The van der Waals surface area contributed by atoms with Gasteiger partial charge in [0, 0.05) is 11.5 Å². The van der Waals surface area contributed by atoms with E-state index in [0.29, 0.717) is 10.9 Å². The fourth-order valence-corrected chi connectivity index (χ4v) is 3.92. The lowest BCUT2D eigenvalue weighted by molar-refractivity contribution is -0.385. The van der Waals surface area contributed by atoms with Crippen LogP contribution in [0.15, 0.2) is 35.2 Å². The van der Waals surface area contributed by atoms with E-state index in [2.05, 4.69) is 0 Å². The summed E-state index contributed by atoms with van der Waals surface area (Å²) in [6.07, 6.45) is 0. The van der Waals surface area contributed by atoms with E-state index in [9.17, 15) is 18.5 Å². The molecule has 6 heteroatoms. The van der Waals surface area contributed by atoms with Crippen LogP contribution in [0, 0.1) is 10.1 Å². The molecule has 1 heterocycles. The van der Waals surface area contributed by atoms with Crippen molar-refractivity contribution in [2.75, 3.05) is 0 Å². The van der Waals surface area contributed by atoms with Crippen molar-refractivity contribution in [1.29, 1.82) is 0 Å². The Morgan fingerprint density at radius 2 is 1.84 bits per heavy atom.